The van der Waals surface area contributed by atoms with Crippen LogP contribution in [-0.2, 0) is 6.42 Å². The van der Waals surface area contributed by atoms with Crippen LogP contribution in [0.5, 0.6) is 5.75 Å². The highest BCUT2D eigenvalue weighted by Gasteiger charge is 2.15. The van der Waals surface area contributed by atoms with Gasteiger partial charge in [-0.3, -0.25) is 9.78 Å². The minimum Gasteiger partial charge on any atom is -0.497 e. The molecular weight excluding hydrogens is 288 g/mol. The molecule has 0 atom stereocenters. The van der Waals surface area contributed by atoms with Gasteiger partial charge in [0.2, 0.25) is 0 Å². The van der Waals surface area contributed by atoms with Crippen LogP contribution in [0.25, 0.3) is 0 Å². The highest BCUT2D eigenvalue weighted by atomic mass is 35.5. The summed E-state index contributed by atoms with van der Waals surface area (Å²) in [6.45, 7) is 0.616. The molecule has 0 N–H and O–H groups in total. The first kappa shape index (κ1) is 15.3. The summed E-state index contributed by atoms with van der Waals surface area (Å²) in [6, 6.07) is 8.95. The van der Waals surface area contributed by atoms with Crippen LogP contribution < -0.4 is 4.74 Å². The van der Waals surface area contributed by atoms with Crippen LogP contribution in [0.4, 0.5) is 0 Å². The summed E-state index contributed by atoms with van der Waals surface area (Å²) < 4.78 is 5.08. The third-order valence-electron chi connectivity index (χ3n) is 3.24. The van der Waals surface area contributed by atoms with E-state index in [9.17, 15) is 4.79 Å². The number of carbonyl (C=O) groups is 1. The molecule has 0 aliphatic heterocycles. The highest BCUT2D eigenvalue weighted by molar-refractivity contribution is 6.34. The summed E-state index contributed by atoms with van der Waals surface area (Å²) in [5, 5.41) is 0.398. The summed E-state index contributed by atoms with van der Waals surface area (Å²) in [6.07, 6.45) is 4.27. The molecular formula is C16H17ClN2O2. The first-order valence-electron chi connectivity index (χ1n) is 6.59. The molecule has 0 aliphatic carbocycles. The second-order valence-electron chi connectivity index (χ2n) is 4.68. The Labute approximate surface area is 129 Å². The van der Waals surface area contributed by atoms with Crippen LogP contribution in [0, 0.1) is 0 Å². The first-order valence-corrected chi connectivity index (χ1v) is 6.97. The van der Waals surface area contributed by atoms with Crippen LogP contribution in [-0.4, -0.2) is 36.5 Å². The zero-order valence-electron chi connectivity index (χ0n) is 12.0. The third-order valence-corrected chi connectivity index (χ3v) is 3.55. The van der Waals surface area contributed by atoms with Gasteiger partial charge >= 0.3 is 0 Å². The second-order valence-corrected chi connectivity index (χ2v) is 5.09. The van der Waals surface area contributed by atoms with Crippen molar-refractivity contribution in [1.29, 1.82) is 0 Å². The Morgan fingerprint density at radius 2 is 2.00 bits per heavy atom. The van der Waals surface area contributed by atoms with E-state index >= 15 is 0 Å². The van der Waals surface area contributed by atoms with Crippen molar-refractivity contribution >= 4 is 17.5 Å². The van der Waals surface area contributed by atoms with E-state index in [-0.39, 0.29) is 5.91 Å². The van der Waals surface area contributed by atoms with E-state index in [1.165, 1.54) is 0 Å². The number of nitrogens with zero attached hydrogens (tertiary/aromatic N) is 2. The molecule has 2 aromatic rings. The molecule has 0 radical (unpaired) electrons. The molecule has 5 heteroatoms. The lowest BCUT2D eigenvalue weighted by Crippen LogP contribution is -2.29. The minimum absolute atomic E-state index is 0.100. The van der Waals surface area contributed by atoms with Crippen molar-refractivity contribution in [1.82, 2.24) is 9.88 Å². The fourth-order valence-electron chi connectivity index (χ4n) is 1.95. The first-order chi connectivity index (χ1) is 10.1. The Morgan fingerprint density at radius 3 is 2.62 bits per heavy atom. The molecule has 0 unspecified atom stereocenters. The topological polar surface area (TPSA) is 42.4 Å². The molecule has 0 bridgehead atoms. The van der Waals surface area contributed by atoms with Crippen molar-refractivity contribution in [2.24, 2.45) is 0 Å². The predicted molar refractivity (Wildman–Crippen MR) is 82.9 cm³/mol. The number of benzene rings is 1. The number of ether oxygens (including phenoxy) is 1. The van der Waals surface area contributed by atoms with Gasteiger partial charge in [0.15, 0.2) is 0 Å². The van der Waals surface area contributed by atoms with Gasteiger partial charge in [0.1, 0.15) is 5.75 Å². The molecule has 0 fully saturated rings. The van der Waals surface area contributed by atoms with E-state index < -0.39 is 0 Å². The number of carbonyl (C=O) groups excluding carboxylic acids is 1. The van der Waals surface area contributed by atoms with E-state index in [4.69, 9.17) is 16.3 Å². The van der Waals surface area contributed by atoms with E-state index in [1.54, 1.807) is 49.7 Å². The number of amides is 1. The molecule has 4 nitrogen and oxygen atoms in total. The van der Waals surface area contributed by atoms with Crippen LogP contribution in [0.1, 0.15) is 15.9 Å². The van der Waals surface area contributed by atoms with Crippen LogP contribution >= 0.6 is 11.6 Å². The van der Waals surface area contributed by atoms with Crippen molar-refractivity contribution in [3.63, 3.8) is 0 Å². The minimum atomic E-state index is -0.100. The Kier molecular flexibility index (Phi) is 5.17. The van der Waals surface area contributed by atoms with Crippen LogP contribution in [0.15, 0.2) is 42.7 Å². The molecule has 0 spiro atoms. The SMILES string of the molecule is COc1ccc(C(=O)N(C)CCc2ccncc2)c(Cl)c1. The fourth-order valence-corrected chi connectivity index (χ4v) is 2.20. The Hall–Kier alpha value is -2.07. The van der Waals surface area contributed by atoms with Crippen LogP contribution in [0.2, 0.25) is 5.02 Å². The number of halogens is 1. The van der Waals surface area contributed by atoms with Crippen molar-refractivity contribution in [3.8, 4) is 5.75 Å². The lowest BCUT2D eigenvalue weighted by Gasteiger charge is -2.18. The number of hydrogen-bond donors (Lipinski definition) is 0. The average molecular weight is 305 g/mol. The number of rotatable bonds is 5. The number of likely N-dealkylation sites (N-methyl/N-ethyl adjacent to an activating group) is 1. The van der Waals surface area contributed by atoms with Crippen molar-refractivity contribution in [2.45, 2.75) is 6.42 Å². The summed E-state index contributed by atoms with van der Waals surface area (Å²) in [4.78, 5) is 18.0. The highest BCUT2D eigenvalue weighted by Crippen LogP contribution is 2.23. The fraction of sp³-hybridized carbons (Fsp3) is 0.250. The Morgan fingerprint density at radius 1 is 1.29 bits per heavy atom. The zero-order chi connectivity index (χ0) is 15.2. The maximum atomic E-state index is 12.4. The molecule has 1 amide bonds. The Balaban J connectivity index is 2.02. The maximum Gasteiger partial charge on any atom is 0.255 e. The Bertz CT molecular complexity index is 617. The number of methoxy groups -OCH3 is 1. The molecule has 1 aromatic carbocycles. The number of pyridine rings is 1. The number of hydrogen-bond acceptors (Lipinski definition) is 3. The summed E-state index contributed by atoms with van der Waals surface area (Å²) in [5.41, 5.74) is 1.63. The maximum absolute atomic E-state index is 12.4. The molecule has 1 aromatic heterocycles. The van der Waals surface area contributed by atoms with Gasteiger partial charge in [-0.1, -0.05) is 11.6 Å². The van der Waals surface area contributed by atoms with Gasteiger partial charge in [-0.25, -0.2) is 0 Å². The largest absolute Gasteiger partial charge is 0.497 e. The molecule has 0 saturated heterocycles. The van der Waals surface area contributed by atoms with Crippen molar-refractivity contribution in [3.05, 3.63) is 58.9 Å². The normalized spacial score (nSPS) is 10.2. The summed E-state index contributed by atoms with van der Waals surface area (Å²) in [7, 11) is 3.33. The van der Waals surface area contributed by atoms with Gasteiger partial charge in [0, 0.05) is 26.0 Å². The quantitative estimate of drug-likeness (QED) is 0.852. The number of aromatic nitrogens is 1. The van der Waals surface area contributed by atoms with E-state index in [1.807, 2.05) is 12.1 Å². The molecule has 0 saturated carbocycles. The lowest BCUT2D eigenvalue weighted by atomic mass is 10.1. The van der Waals surface area contributed by atoms with E-state index in [2.05, 4.69) is 4.98 Å². The van der Waals surface area contributed by atoms with Gasteiger partial charge in [0.05, 0.1) is 17.7 Å². The summed E-state index contributed by atoms with van der Waals surface area (Å²) in [5.74, 6) is 0.535. The van der Waals surface area contributed by atoms with Crippen molar-refractivity contribution in [2.75, 3.05) is 20.7 Å². The van der Waals surface area contributed by atoms with Crippen molar-refractivity contribution < 1.29 is 9.53 Å². The lowest BCUT2D eigenvalue weighted by molar-refractivity contribution is 0.0797. The van der Waals surface area contributed by atoms with Gasteiger partial charge in [-0.2, -0.15) is 0 Å². The molecule has 2 rings (SSSR count). The standard InChI is InChI=1S/C16H17ClN2O2/c1-19(10-7-12-5-8-18-9-6-12)16(20)14-4-3-13(21-2)11-15(14)17/h3-6,8-9,11H,7,10H2,1-2H3. The average Bonchev–Trinajstić information content (AvgIpc) is 2.52. The van der Waals surface area contributed by atoms with E-state index in [0.717, 1.165) is 12.0 Å². The summed E-state index contributed by atoms with van der Waals surface area (Å²) >= 11 is 6.13. The molecule has 21 heavy (non-hydrogen) atoms. The van der Waals surface area contributed by atoms with Gasteiger partial charge in [0.25, 0.3) is 5.91 Å². The van der Waals surface area contributed by atoms with Gasteiger partial charge in [-0.05, 0) is 42.3 Å². The van der Waals surface area contributed by atoms with Crippen LogP contribution in [0.3, 0.4) is 0 Å². The molecule has 1 heterocycles. The third kappa shape index (κ3) is 3.95. The predicted octanol–water partition coefficient (Wildman–Crippen LogP) is 3.06. The monoisotopic (exact) mass is 304 g/mol. The second kappa shape index (κ2) is 7.09. The van der Waals surface area contributed by atoms with Gasteiger partial charge < -0.3 is 9.64 Å². The smallest absolute Gasteiger partial charge is 0.255 e. The molecule has 110 valence electrons. The molecule has 0 aliphatic rings. The zero-order valence-corrected chi connectivity index (χ0v) is 12.8. The van der Waals surface area contributed by atoms with Gasteiger partial charge in [-0.15, -0.1) is 0 Å². The van der Waals surface area contributed by atoms with E-state index in [0.29, 0.717) is 22.9 Å².